The molecule has 2 rings (SSSR count). The van der Waals surface area contributed by atoms with E-state index in [1.165, 1.54) is 13.0 Å². The van der Waals surface area contributed by atoms with Crippen LogP contribution in [0.15, 0.2) is 47.9 Å². The first-order valence-corrected chi connectivity index (χ1v) is 10.9. The fourth-order valence-electron chi connectivity index (χ4n) is 2.83. The lowest BCUT2D eigenvalue weighted by Crippen LogP contribution is -2.35. The first-order valence-electron chi connectivity index (χ1n) is 9.38. The number of carbonyl (C=O) groups is 2. The van der Waals surface area contributed by atoms with Gasteiger partial charge in [-0.15, -0.1) is 0 Å². The van der Waals surface area contributed by atoms with E-state index in [2.05, 4.69) is 10.0 Å². The van der Waals surface area contributed by atoms with Gasteiger partial charge in [0.25, 0.3) is 5.91 Å². The monoisotopic (exact) mass is 430 g/mol. The summed E-state index contributed by atoms with van der Waals surface area (Å²) in [6.45, 7) is 6.57. The normalized spacial score (nSPS) is 12.5. The van der Waals surface area contributed by atoms with Crippen molar-refractivity contribution < 1.29 is 22.7 Å². The summed E-state index contributed by atoms with van der Waals surface area (Å²) in [6, 6.07) is 12.8. The molecule has 0 heterocycles. The standard InChI is InChI=1S/C22H26N2O5S/c1-15-12-16(2)21(17(3)13-15)24-22(26)18(4)29-20(25)14-23-30(27,28)11-10-19-8-6-5-7-9-19/h5-13,18,23H,14H2,1-4H3,(H,24,26)/b11-10+. The number of ether oxygens (including phenoxy) is 1. The molecule has 160 valence electrons. The molecule has 0 spiro atoms. The van der Waals surface area contributed by atoms with Crippen LogP contribution in [0.3, 0.4) is 0 Å². The van der Waals surface area contributed by atoms with Crippen LogP contribution in [0.1, 0.15) is 29.2 Å². The number of benzene rings is 2. The van der Waals surface area contributed by atoms with E-state index in [1.807, 2.05) is 39.0 Å². The van der Waals surface area contributed by atoms with E-state index >= 15 is 0 Å². The van der Waals surface area contributed by atoms with E-state index in [9.17, 15) is 18.0 Å². The third kappa shape index (κ3) is 7.13. The Hall–Kier alpha value is -2.97. The molecule has 8 heteroatoms. The second-order valence-corrected chi connectivity index (χ2v) is 8.63. The van der Waals surface area contributed by atoms with Crippen molar-refractivity contribution in [2.75, 3.05) is 11.9 Å². The molecule has 30 heavy (non-hydrogen) atoms. The van der Waals surface area contributed by atoms with Gasteiger partial charge in [0.05, 0.1) is 0 Å². The molecule has 0 bridgehead atoms. The summed E-state index contributed by atoms with van der Waals surface area (Å²) in [4.78, 5) is 24.3. The highest BCUT2D eigenvalue weighted by Crippen LogP contribution is 2.22. The predicted molar refractivity (Wildman–Crippen MR) is 117 cm³/mol. The quantitative estimate of drug-likeness (QED) is 0.627. The summed E-state index contributed by atoms with van der Waals surface area (Å²) in [5.41, 5.74) is 4.25. The number of esters is 1. The molecular weight excluding hydrogens is 404 g/mol. The van der Waals surface area contributed by atoms with Crippen LogP contribution >= 0.6 is 0 Å². The van der Waals surface area contributed by atoms with Gasteiger partial charge in [-0.05, 0) is 50.5 Å². The van der Waals surface area contributed by atoms with E-state index in [1.54, 1.807) is 24.3 Å². The Kier molecular flexibility index (Phi) is 7.91. The van der Waals surface area contributed by atoms with Crippen LogP contribution < -0.4 is 10.0 Å². The third-order valence-corrected chi connectivity index (χ3v) is 5.30. The van der Waals surface area contributed by atoms with E-state index in [0.717, 1.165) is 22.1 Å². The van der Waals surface area contributed by atoms with Crippen molar-refractivity contribution in [3.05, 3.63) is 70.1 Å². The molecule has 0 fully saturated rings. The van der Waals surface area contributed by atoms with Gasteiger partial charge in [0.1, 0.15) is 6.54 Å². The van der Waals surface area contributed by atoms with Gasteiger partial charge in [-0.1, -0.05) is 48.0 Å². The summed E-state index contributed by atoms with van der Waals surface area (Å²) in [5, 5.41) is 3.72. The Morgan fingerprint density at radius 3 is 2.27 bits per heavy atom. The van der Waals surface area contributed by atoms with Crippen molar-refractivity contribution in [1.82, 2.24) is 4.72 Å². The van der Waals surface area contributed by atoms with Crippen molar-refractivity contribution in [2.45, 2.75) is 33.8 Å². The Bertz CT molecular complexity index is 1020. The molecule has 0 aliphatic carbocycles. The average Bonchev–Trinajstić information content (AvgIpc) is 2.68. The number of amides is 1. The summed E-state index contributed by atoms with van der Waals surface area (Å²) >= 11 is 0. The predicted octanol–water partition coefficient (Wildman–Crippen LogP) is 3.07. The van der Waals surface area contributed by atoms with Crippen LogP contribution in [-0.4, -0.2) is 32.9 Å². The van der Waals surface area contributed by atoms with Crippen molar-refractivity contribution in [2.24, 2.45) is 0 Å². The zero-order valence-electron chi connectivity index (χ0n) is 17.4. The molecule has 2 N–H and O–H groups in total. The summed E-state index contributed by atoms with van der Waals surface area (Å²) in [5.74, 6) is -1.35. The Morgan fingerprint density at radius 1 is 1.07 bits per heavy atom. The van der Waals surface area contributed by atoms with Gasteiger partial charge in [-0.3, -0.25) is 9.59 Å². The van der Waals surface area contributed by atoms with Crippen LogP contribution in [0, 0.1) is 20.8 Å². The van der Waals surface area contributed by atoms with Crippen LogP contribution in [0.2, 0.25) is 0 Å². The number of hydrogen-bond acceptors (Lipinski definition) is 5. The highest BCUT2D eigenvalue weighted by atomic mass is 32.2. The molecule has 2 aromatic rings. The number of carbonyl (C=O) groups excluding carboxylic acids is 2. The highest BCUT2D eigenvalue weighted by Gasteiger charge is 2.20. The van der Waals surface area contributed by atoms with E-state index in [0.29, 0.717) is 11.3 Å². The lowest BCUT2D eigenvalue weighted by Gasteiger charge is -2.17. The summed E-state index contributed by atoms with van der Waals surface area (Å²) in [6.07, 6.45) is 0.331. The van der Waals surface area contributed by atoms with E-state index in [-0.39, 0.29) is 0 Å². The molecule has 7 nitrogen and oxygen atoms in total. The fraction of sp³-hybridized carbons (Fsp3) is 0.273. The SMILES string of the molecule is Cc1cc(C)c(NC(=O)C(C)OC(=O)CNS(=O)(=O)/C=C/c2ccccc2)c(C)c1. The number of rotatable bonds is 8. The third-order valence-electron chi connectivity index (χ3n) is 4.26. The molecule has 1 amide bonds. The number of sulfonamides is 1. The van der Waals surface area contributed by atoms with Gasteiger partial charge in [0.2, 0.25) is 10.0 Å². The second-order valence-electron chi connectivity index (χ2n) is 6.97. The summed E-state index contributed by atoms with van der Waals surface area (Å²) in [7, 11) is -3.83. The molecule has 0 aliphatic rings. The number of hydrogen-bond donors (Lipinski definition) is 2. The van der Waals surface area contributed by atoms with Gasteiger partial charge in [0.15, 0.2) is 6.10 Å². The second kappa shape index (κ2) is 10.2. The molecule has 1 atom stereocenters. The van der Waals surface area contributed by atoms with Crippen molar-refractivity contribution >= 4 is 33.7 Å². The van der Waals surface area contributed by atoms with Crippen molar-refractivity contribution in [1.29, 1.82) is 0 Å². The Morgan fingerprint density at radius 2 is 1.67 bits per heavy atom. The number of nitrogens with one attached hydrogen (secondary N) is 2. The van der Waals surface area contributed by atoms with E-state index in [4.69, 9.17) is 4.74 Å². The molecule has 0 radical (unpaired) electrons. The topological polar surface area (TPSA) is 102 Å². The number of anilines is 1. The maximum atomic E-state index is 12.4. The Labute approximate surface area is 177 Å². The molecule has 2 aromatic carbocycles. The minimum absolute atomic E-state index is 0.495. The van der Waals surface area contributed by atoms with Crippen molar-refractivity contribution in [3.63, 3.8) is 0 Å². The average molecular weight is 431 g/mol. The maximum absolute atomic E-state index is 12.4. The molecule has 0 saturated heterocycles. The van der Waals surface area contributed by atoms with Gasteiger partial charge < -0.3 is 10.1 Å². The minimum Gasteiger partial charge on any atom is -0.452 e. The van der Waals surface area contributed by atoms with Crippen LogP contribution in [0.5, 0.6) is 0 Å². The van der Waals surface area contributed by atoms with Crippen LogP contribution in [-0.2, 0) is 24.3 Å². The number of aryl methyl sites for hydroxylation is 3. The van der Waals surface area contributed by atoms with Gasteiger partial charge in [-0.25, -0.2) is 13.1 Å². The lowest BCUT2D eigenvalue weighted by molar-refractivity contribution is -0.151. The molecule has 0 aromatic heterocycles. The molecule has 1 unspecified atom stereocenters. The maximum Gasteiger partial charge on any atom is 0.321 e. The largest absolute Gasteiger partial charge is 0.452 e. The first kappa shape index (κ1) is 23.3. The first-order chi connectivity index (χ1) is 14.1. The zero-order chi connectivity index (χ0) is 22.3. The van der Waals surface area contributed by atoms with E-state index < -0.39 is 34.5 Å². The lowest BCUT2D eigenvalue weighted by atomic mass is 10.0. The van der Waals surface area contributed by atoms with Crippen LogP contribution in [0.4, 0.5) is 5.69 Å². The van der Waals surface area contributed by atoms with Gasteiger partial charge >= 0.3 is 5.97 Å². The molecule has 0 saturated carbocycles. The van der Waals surface area contributed by atoms with Gasteiger partial charge in [-0.2, -0.15) is 0 Å². The van der Waals surface area contributed by atoms with Crippen LogP contribution in [0.25, 0.3) is 6.08 Å². The smallest absolute Gasteiger partial charge is 0.321 e. The highest BCUT2D eigenvalue weighted by molar-refractivity contribution is 7.92. The Balaban J connectivity index is 1.88. The minimum atomic E-state index is -3.83. The summed E-state index contributed by atoms with van der Waals surface area (Å²) < 4.78 is 31.1. The molecule has 0 aliphatic heterocycles. The fourth-order valence-corrected chi connectivity index (χ4v) is 3.59. The van der Waals surface area contributed by atoms with Gasteiger partial charge in [0, 0.05) is 11.1 Å². The van der Waals surface area contributed by atoms with Crippen molar-refractivity contribution in [3.8, 4) is 0 Å². The zero-order valence-corrected chi connectivity index (χ0v) is 18.2. The molecular formula is C22H26N2O5S.